The lowest BCUT2D eigenvalue weighted by Crippen LogP contribution is -2.53. The standard InChI is InChI=1S/2C27H38N2O6/c2*1-3-34-25(31)22(14-11-19-7-5-4-6-8-19)28-18(2)24(30)29-17-27(16-23(29)35-26(32)33)15-20-9-12-21(27)13-10-20/h2*4-8,18,20-23,28H,3,9-17H2,1-2H3,(H,32,33)/t18-,20?,21?,22-,23?,27?;18-,20?,21?,22-,23-,27-/m11/s1. The summed E-state index contributed by atoms with van der Waals surface area (Å²) in [6.45, 7) is 8.54. The third-order valence-corrected chi connectivity index (χ3v) is 16.6. The van der Waals surface area contributed by atoms with E-state index in [4.69, 9.17) is 18.9 Å². The van der Waals surface area contributed by atoms with E-state index in [1.165, 1.54) is 25.7 Å². The van der Waals surface area contributed by atoms with Crippen molar-refractivity contribution in [2.24, 2.45) is 34.5 Å². The van der Waals surface area contributed by atoms with E-state index in [2.05, 4.69) is 10.6 Å². The van der Waals surface area contributed by atoms with E-state index in [0.717, 1.165) is 49.7 Å². The number of amides is 2. The molecule has 4 N–H and O–H groups in total. The predicted molar refractivity (Wildman–Crippen MR) is 259 cm³/mol. The first-order valence-electron chi connectivity index (χ1n) is 26.0. The summed E-state index contributed by atoms with van der Waals surface area (Å²) in [7, 11) is 0. The largest absolute Gasteiger partial charge is 0.507 e. The van der Waals surface area contributed by atoms with Gasteiger partial charge in [0.25, 0.3) is 0 Å². The Labute approximate surface area is 412 Å². The highest BCUT2D eigenvalue weighted by Gasteiger charge is 2.58. The van der Waals surface area contributed by atoms with E-state index in [9.17, 15) is 39.0 Å². The van der Waals surface area contributed by atoms with Gasteiger partial charge in [-0.05, 0) is 138 Å². The maximum atomic E-state index is 13.6. The molecule has 2 heterocycles. The summed E-state index contributed by atoms with van der Waals surface area (Å²) in [5, 5.41) is 25.1. The molecule has 2 spiro atoms. The van der Waals surface area contributed by atoms with Crippen molar-refractivity contribution in [2.45, 2.75) is 167 Å². The van der Waals surface area contributed by atoms with Crippen LogP contribution in [-0.4, -0.2) is 119 Å². The molecule has 8 atom stereocenters. The molecule has 8 fully saturated rings. The monoisotopic (exact) mass is 973 g/mol. The molecule has 2 saturated heterocycles. The van der Waals surface area contributed by atoms with E-state index in [-0.39, 0.29) is 47.8 Å². The average Bonchev–Trinajstić information content (AvgIpc) is 3.88. The SMILES string of the molecule is CCOC(=O)[C@@H](CCc1ccccc1)N[C@H](C)C(=O)N1CC2(CC3CCC2CC3)CC1OC(=O)O.CCOC(=O)[C@@H](CCc1ccccc1)N[C@H](C)C(=O)N1C[C@@]2(CC3CCC2CC3)C[C@H]1OC(=O)O. The highest BCUT2D eigenvalue weighted by atomic mass is 16.7. The van der Waals surface area contributed by atoms with Crippen LogP contribution in [0.15, 0.2) is 60.7 Å². The molecule has 4 bridgehead atoms. The second-order valence-electron chi connectivity index (χ2n) is 21.0. The molecule has 2 aliphatic heterocycles. The Kier molecular flexibility index (Phi) is 17.9. The number of benzene rings is 2. The average molecular weight is 973 g/mol. The molecule has 384 valence electrons. The Hall–Kier alpha value is -5.22. The molecule has 10 rings (SSSR count). The quantitative estimate of drug-likeness (QED) is 0.0826. The molecular weight excluding hydrogens is 897 g/mol. The fourth-order valence-electron chi connectivity index (χ4n) is 13.3. The van der Waals surface area contributed by atoms with Gasteiger partial charge in [0.05, 0.1) is 25.3 Å². The molecule has 70 heavy (non-hydrogen) atoms. The lowest BCUT2D eigenvalue weighted by Gasteiger charge is -2.49. The number of fused-ring (bicyclic) bond motifs is 4. The number of carbonyl (C=O) groups excluding carboxylic acids is 4. The summed E-state index contributed by atoms with van der Waals surface area (Å²) < 4.78 is 21.0. The molecule has 2 aromatic rings. The highest BCUT2D eigenvalue weighted by molar-refractivity contribution is 5.85. The van der Waals surface area contributed by atoms with Crippen LogP contribution in [0.3, 0.4) is 0 Å². The van der Waals surface area contributed by atoms with Gasteiger partial charge in [-0.25, -0.2) is 9.59 Å². The van der Waals surface area contributed by atoms with Gasteiger partial charge in [0.2, 0.25) is 11.8 Å². The minimum absolute atomic E-state index is 0.0650. The van der Waals surface area contributed by atoms with Gasteiger partial charge in [0, 0.05) is 25.9 Å². The molecule has 2 aromatic carbocycles. The zero-order chi connectivity index (χ0) is 50.0. The number of nitrogens with zero attached hydrogens (tertiary/aromatic N) is 2. The number of rotatable bonds is 18. The van der Waals surface area contributed by atoms with Crippen molar-refractivity contribution in [1.29, 1.82) is 0 Å². The van der Waals surface area contributed by atoms with Gasteiger partial charge in [0.1, 0.15) is 12.1 Å². The Bertz CT molecular complexity index is 1950. The first-order chi connectivity index (χ1) is 33.6. The van der Waals surface area contributed by atoms with E-state index in [1.54, 1.807) is 37.5 Å². The Morgan fingerprint density at radius 3 is 1.23 bits per heavy atom. The summed E-state index contributed by atoms with van der Waals surface area (Å²) in [5.74, 6) is 1.09. The zero-order valence-electron chi connectivity index (χ0n) is 41.6. The number of carbonyl (C=O) groups is 6. The highest BCUT2D eigenvalue weighted by Crippen LogP contribution is 2.59. The third-order valence-electron chi connectivity index (χ3n) is 16.6. The van der Waals surface area contributed by atoms with Gasteiger partial charge in [-0.15, -0.1) is 0 Å². The van der Waals surface area contributed by atoms with E-state index in [1.807, 2.05) is 60.7 Å². The van der Waals surface area contributed by atoms with Crippen LogP contribution in [0.4, 0.5) is 9.59 Å². The number of hydrogen-bond acceptors (Lipinski definition) is 12. The molecule has 0 radical (unpaired) electrons. The van der Waals surface area contributed by atoms with Crippen LogP contribution >= 0.6 is 0 Å². The second-order valence-corrected chi connectivity index (χ2v) is 21.0. The smallest absolute Gasteiger partial charge is 0.465 e. The van der Waals surface area contributed by atoms with Gasteiger partial charge in [-0.2, -0.15) is 0 Å². The summed E-state index contributed by atoms with van der Waals surface area (Å²) in [6, 6.07) is 17.1. The van der Waals surface area contributed by atoms with Crippen LogP contribution in [0.1, 0.15) is 129 Å². The summed E-state index contributed by atoms with van der Waals surface area (Å²) in [6.07, 6.45) is 10.7. The summed E-state index contributed by atoms with van der Waals surface area (Å²) >= 11 is 0. The maximum absolute atomic E-state index is 13.6. The Balaban J connectivity index is 0.000000206. The van der Waals surface area contributed by atoms with Crippen LogP contribution in [0.2, 0.25) is 0 Å². The molecule has 2 amide bonds. The van der Waals surface area contributed by atoms with Crippen LogP contribution in [0, 0.1) is 34.5 Å². The molecule has 0 aromatic heterocycles. The van der Waals surface area contributed by atoms with Crippen molar-refractivity contribution >= 4 is 36.1 Å². The number of likely N-dealkylation sites (tertiary alicyclic amines) is 2. The zero-order valence-corrected chi connectivity index (χ0v) is 41.6. The minimum Gasteiger partial charge on any atom is -0.465 e. The lowest BCUT2D eigenvalue weighted by molar-refractivity contribution is -0.149. The Morgan fingerprint density at radius 1 is 0.571 bits per heavy atom. The molecule has 8 aliphatic rings. The van der Waals surface area contributed by atoms with Crippen molar-refractivity contribution in [3.63, 3.8) is 0 Å². The number of aryl methyl sites for hydroxylation is 2. The fourth-order valence-corrected chi connectivity index (χ4v) is 13.3. The van der Waals surface area contributed by atoms with Crippen LogP contribution in [0.5, 0.6) is 0 Å². The number of ether oxygens (including phenoxy) is 4. The third kappa shape index (κ3) is 12.8. The normalized spacial score (nSPS) is 29.1. The molecular formula is C54H76N4O12. The molecule has 16 heteroatoms. The topological polar surface area (TPSA) is 210 Å². The minimum atomic E-state index is -1.36. The van der Waals surface area contributed by atoms with Gasteiger partial charge in [0.15, 0.2) is 12.5 Å². The van der Waals surface area contributed by atoms with Crippen LogP contribution < -0.4 is 10.6 Å². The number of hydrogen-bond donors (Lipinski definition) is 4. The number of esters is 2. The van der Waals surface area contributed by atoms with E-state index in [0.29, 0.717) is 75.3 Å². The maximum Gasteiger partial charge on any atom is 0.507 e. The number of nitrogens with one attached hydrogen (secondary N) is 2. The van der Waals surface area contributed by atoms with Gasteiger partial charge < -0.3 is 39.0 Å². The van der Waals surface area contributed by atoms with Crippen LogP contribution in [-0.2, 0) is 51.0 Å². The molecule has 16 nitrogen and oxygen atoms in total. The van der Waals surface area contributed by atoms with Gasteiger partial charge >= 0.3 is 24.2 Å². The van der Waals surface area contributed by atoms with Crippen molar-refractivity contribution in [1.82, 2.24) is 20.4 Å². The predicted octanol–water partition coefficient (Wildman–Crippen LogP) is 7.96. The first-order valence-corrected chi connectivity index (χ1v) is 26.0. The van der Waals surface area contributed by atoms with E-state index < -0.39 is 48.9 Å². The Morgan fingerprint density at radius 2 is 0.929 bits per heavy atom. The molecule has 2 unspecified atom stereocenters. The molecule has 6 saturated carbocycles. The lowest BCUT2D eigenvalue weighted by atomic mass is 9.55. The van der Waals surface area contributed by atoms with E-state index >= 15 is 0 Å². The first kappa shape index (κ1) is 52.6. The summed E-state index contributed by atoms with van der Waals surface area (Å²) in [4.78, 5) is 78.6. The second kappa shape index (κ2) is 23.8. The fraction of sp³-hybridized carbons (Fsp3) is 0.667. The van der Waals surface area contributed by atoms with Crippen molar-refractivity contribution in [2.75, 3.05) is 26.3 Å². The van der Waals surface area contributed by atoms with Crippen molar-refractivity contribution < 1.29 is 57.9 Å². The van der Waals surface area contributed by atoms with Crippen molar-refractivity contribution in [3.8, 4) is 0 Å². The van der Waals surface area contributed by atoms with Gasteiger partial charge in [-0.1, -0.05) is 86.3 Å². The van der Waals surface area contributed by atoms with Crippen molar-refractivity contribution in [3.05, 3.63) is 71.8 Å². The molecule has 6 aliphatic carbocycles. The summed E-state index contributed by atoms with van der Waals surface area (Å²) in [5.41, 5.74) is 2.08. The number of carboxylic acid groups (broad SMARTS) is 2. The van der Waals surface area contributed by atoms with Crippen LogP contribution in [0.25, 0.3) is 0 Å². The van der Waals surface area contributed by atoms with Gasteiger partial charge in [-0.3, -0.25) is 29.8 Å².